The summed E-state index contributed by atoms with van der Waals surface area (Å²) in [4.78, 5) is 0. The Kier molecular flexibility index (Phi) is 90.6. The van der Waals surface area contributed by atoms with Crippen LogP contribution in [0.2, 0.25) is 0 Å². The standard InChI is InChI=1S/C3H7.Cu.FH/c1-3-2;;/h3H,1-2H3;;1H/q-1;+1;. The molecule has 0 atom stereocenters. The summed E-state index contributed by atoms with van der Waals surface area (Å²) in [5, 5.41) is 0. The van der Waals surface area contributed by atoms with Crippen LogP contribution in [0.15, 0.2) is 0 Å². The molecule has 0 aromatic carbocycles. The molecular formula is C3H8CuF. The summed E-state index contributed by atoms with van der Waals surface area (Å²) in [7, 11) is 0. The molecule has 0 fully saturated rings. The Bertz CT molecular complexity index is 6.85. The van der Waals surface area contributed by atoms with Crippen LogP contribution in [0.5, 0.6) is 0 Å². The van der Waals surface area contributed by atoms with Crippen LogP contribution in [0, 0.1) is 6.42 Å². The summed E-state index contributed by atoms with van der Waals surface area (Å²) >= 11 is 0. The first-order valence-corrected chi connectivity index (χ1v) is 1.15. The van der Waals surface area contributed by atoms with Crippen molar-refractivity contribution in [1.29, 1.82) is 0 Å². The summed E-state index contributed by atoms with van der Waals surface area (Å²) in [6.07, 6.45) is 2.00. The molecule has 0 unspecified atom stereocenters. The van der Waals surface area contributed by atoms with E-state index in [2.05, 4.69) is 0 Å². The van der Waals surface area contributed by atoms with Gasteiger partial charge in [-0.25, -0.2) is 0 Å². The van der Waals surface area contributed by atoms with E-state index in [0.29, 0.717) is 0 Å². The summed E-state index contributed by atoms with van der Waals surface area (Å²) in [5.41, 5.74) is 0. The van der Waals surface area contributed by atoms with Crippen molar-refractivity contribution in [3.8, 4) is 0 Å². The molecule has 0 nitrogen and oxygen atoms in total. The van der Waals surface area contributed by atoms with E-state index in [9.17, 15) is 0 Å². The molecule has 0 aliphatic rings. The van der Waals surface area contributed by atoms with Gasteiger partial charge in [-0.3, -0.25) is 4.70 Å². The molecule has 0 saturated heterocycles. The first-order chi connectivity index (χ1) is 1.41. The Labute approximate surface area is 42.8 Å². The number of rotatable bonds is 0. The monoisotopic (exact) mass is 126 g/mol. The molecular weight excluding hydrogens is 119 g/mol. The minimum Gasteiger partial charge on any atom is -0.335 e. The van der Waals surface area contributed by atoms with E-state index in [4.69, 9.17) is 0 Å². The molecule has 0 bridgehead atoms. The zero-order chi connectivity index (χ0) is 2.71. The van der Waals surface area contributed by atoms with Gasteiger partial charge in [0.25, 0.3) is 0 Å². The van der Waals surface area contributed by atoms with Crippen molar-refractivity contribution in [2.75, 3.05) is 0 Å². The number of hydrogen-bond donors (Lipinski definition) is 0. The van der Waals surface area contributed by atoms with Crippen LogP contribution in [-0.2, 0) is 17.1 Å². The Balaban J connectivity index is -0.0000000200. The maximum Gasteiger partial charge on any atom is 1.00 e. The van der Waals surface area contributed by atoms with Crippen molar-refractivity contribution >= 4 is 0 Å². The van der Waals surface area contributed by atoms with Crippen LogP contribution >= 0.6 is 0 Å². The van der Waals surface area contributed by atoms with E-state index < -0.39 is 0 Å². The van der Waals surface area contributed by atoms with Crippen molar-refractivity contribution in [2.45, 2.75) is 13.8 Å². The average Bonchev–Trinajstić information content (AvgIpc) is 0.918. The van der Waals surface area contributed by atoms with Crippen molar-refractivity contribution in [2.24, 2.45) is 0 Å². The van der Waals surface area contributed by atoms with Gasteiger partial charge in [0, 0.05) is 0 Å². The first-order valence-electron chi connectivity index (χ1n) is 1.15. The average molecular weight is 127 g/mol. The molecule has 0 aliphatic carbocycles. The van der Waals surface area contributed by atoms with Gasteiger partial charge in [0.05, 0.1) is 0 Å². The second kappa shape index (κ2) is 25.2. The van der Waals surface area contributed by atoms with E-state index in [1.807, 2.05) is 20.3 Å². The van der Waals surface area contributed by atoms with Gasteiger partial charge in [-0.2, -0.15) is 13.8 Å². The van der Waals surface area contributed by atoms with Gasteiger partial charge in [-0.15, -0.1) is 0 Å². The summed E-state index contributed by atoms with van der Waals surface area (Å²) in [6.45, 7) is 4.00. The fraction of sp³-hybridized carbons (Fsp3) is 0.667. The van der Waals surface area contributed by atoms with Crippen LogP contribution in [0.4, 0.5) is 4.70 Å². The van der Waals surface area contributed by atoms with Gasteiger partial charge in [0.1, 0.15) is 0 Å². The molecule has 0 aromatic heterocycles. The quantitative estimate of drug-likeness (QED) is 0.340. The molecule has 0 N–H and O–H groups in total. The minimum absolute atomic E-state index is 0. The van der Waals surface area contributed by atoms with Crippen molar-refractivity contribution in [1.82, 2.24) is 0 Å². The molecule has 0 aliphatic heterocycles. The first kappa shape index (κ1) is 18.0. The maximum absolute atomic E-state index is 2.00. The predicted octanol–water partition coefficient (Wildman–Crippen LogP) is 1.38. The van der Waals surface area contributed by atoms with Crippen LogP contribution in [-0.4, -0.2) is 0 Å². The van der Waals surface area contributed by atoms with Gasteiger partial charge >= 0.3 is 17.1 Å². The van der Waals surface area contributed by atoms with Crippen molar-refractivity contribution < 1.29 is 21.8 Å². The number of hydrogen-bond acceptors (Lipinski definition) is 0. The molecule has 0 aromatic rings. The minimum atomic E-state index is 0. The molecule has 0 heterocycles. The SMILES string of the molecule is C[CH-]C.F.[Cu+]. The summed E-state index contributed by atoms with van der Waals surface area (Å²) < 4.78 is 0. The summed E-state index contributed by atoms with van der Waals surface area (Å²) in [6, 6.07) is 0. The molecule has 0 rings (SSSR count). The molecule has 0 amide bonds. The molecule has 0 radical (unpaired) electrons. The zero-order valence-corrected chi connectivity index (χ0v) is 4.23. The third kappa shape index (κ3) is 132. The molecule has 2 heteroatoms. The second-order valence-corrected chi connectivity index (χ2v) is 0.577. The Morgan fingerprint density at radius 2 is 1.20 bits per heavy atom. The molecule has 5 heavy (non-hydrogen) atoms. The second-order valence-electron chi connectivity index (χ2n) is 0.577. The van der Waals surface area contributed by atoms with Gasteiger partial charge in [-0.1, -0.05) is 0 Å². The normalized spacial score (nSPS) is 3.60. The van der Waals surface area contributed by atoms with Crippen LogP contribution in [0.3, 0.4) is 0 Å². The fourth-order valence-corrected chi connectivity index (χ4v) is 0. The van der Waals surface area contributed by atoms with E-state index in [0.717, 1.165) is 0 Å². The fourth-order valence-electron chi connectivity index (χ4n) is 0. The van der Waals surface area contributed by atoms with E-state index >= 15 is 0 Å². The summed E-state index contributed by atoms with van der Waals surface area (Å²) in [5.74, 6) is 0. The zero-order valence-electron chi connectivity index (χ0n) is 3.29. The van der Waals surface area contributed by atoms with Gasteiger partial charge < -0.3 is 6.42 Å². The third-order valence-electron chi connectivity index (χ3n) is 0. The molecule has 38 valence electrons. The Hall–Kier alpha value is 0.449. The van der Waals surface area contributed by atoms with Crippen LogP contribution in [0.1, 0.15) is 13.8 Å². The molecule has 0 spiro atoms. The largest absolute Gasteiger partial charge is 1.00 e. The van der Waals surface area contributed by atoms with Crippen molar-refractivity contribution in [3.63, 3.8) is 0 Å². The van der Waals surface area contributed by atoms with E-state index in [-0.39, 0.29) is 21.8 Å². The number of halogens is 1. The smallest absolute Gasteiger partial charge is 0.335 e. The third-order valence-corrected chi connectivity index (χ3v) is 0. The van der Waals surface area contributed by atoms with Gasteiger partial charge in [0.2, 0.25) is 0 Å². The predicted molar refractivity (Wildman–Crippen MR) is 18.2 cm³/mol. The topological polar surface area (TPSA) is 0 Å². The van der Waals surface area contributed by atoms with Gasteiger partial charge in [0.15, 0.2) is 0 Å². The Morgan fingerprint density at radius 1 is 1.20 bits per heavy atom. The van der Waals surface area contributed by atoms with Gasteiger partial charge in [-0.05, 0) is 0 Å². The van der Waals surface area contributed by atoms with E-state index in [1.54, 1.807) is 0 Å². The van der Waals surface area contributed by atoms with E-state index in [1.165, 1.54) is 0 Å². The molecule has 0 saturated carbocycles. The van der Waals surface area contributed by atoms with Crippen LogP contribution in [0.25, 0.3) is 0 Å². The maximum atomic E-state index is 2.00. The van der Waals surface area contributed by atoms with Crippen LogP contribution < -0.4 is 0 Å². The van der Waals surface area contributed by atoms with Crippen molar-refractivity contribution in [3.05, 3.63) is 6.42 Å². The Morgan fingerprint density at radius 3 is 1.20 bits per heavy atom.